The van der Waals surface area contributed by atoms with Gasteiger partial charge in [-0.25, -0.2) is 14.4 Å². The van der Waals surface area contributed by atoms with Crippen LogP contribution in [0.25, 0.3) is 33.2 Å². The standard InChI is InChI=1S/C35H40N6O5.2Na.2H/c1-21(2)40-31-13-9-25(15-27(31)17-36-40)29-11-7-23(5)19-38(29)33(42)45-35(44)46-34(43)39-20-24(6)8-12-30(39)26-10-14-32-28(16-26)18-37-41(32)22(3)4;;;;/h9-18,21-24H,7-8,19-20H2,1-6H3;;;;/t23-,24-;;;;/m0..../s1. The van der Waals surface area contributed by atoms with Gasteiger partial charge in [0.05, 0.1) is 34.8 Å². The number of ether oxygens (including phenoxy) is 2. The van der Waals surface area contributed by atoms with Crippen molar-refractivity contribution < 1.29 is 23.9 Å². The van der Waals surface area contributed by atoms with Gasteiger partial charge in [0.15, 0.2) is 0 Å². The van der Waals surface area contributed by atoms with Gasteiger partial charge in [0.25, 0.3) is 0 Å². The number of rotatable bonds is 4. The molecule has 244 valence electrons. The van der Waals surface area contributed by atoms with E-state index in [1.165, 1.54) is 9.80 Å². The quantitative estimate of drug-likeness (QED) is 0.135. The van der Waals surface area contributed by atoms with Gasteiger partial charge in [0, 0.05) is 35.9 Å². The van der Waals surface area contributed by atoms with Crippen LogP contribution >= 0.6 is 0 Å². The van der Waals surface area contributed by atoms with Gasteiger partial charge in [-0.3, -0.25) is 19.2 Å². The fourth-order valence-corrected chi connectivity index (χ4v) is 6.23. The first-order valence-electron chi connectivity index (χ1n) is 15.9. The fraction of sp³-hybridized carbons (Fsp3) is 0.400. The van der Waals surface area contributed by atoms with Crippen molar-refractivity contribution in [2.45, 2.75) is 66.5 Å². The molecule has 13 heteroatoms. The topological polar surface area (TPSA) is 112 Å². The van der Waals surface area contributed by atoms with Gasteiger partial charge in [-0.1, -0.05) is 38.1 Å². The van der Waals surface area contributed by atoms with Gasteiger partial charge < -0.3 is 9.47 Å². The molecule has 11 nitrogen and oxygen atoms in total. The summed E-state index contributed by atoms with van der Waals surface area (Å²) in [7, 11) is 0. The Kier molecular flexibility index (Phi) is 12.4. The van der Waals surface area contributed by atoms with Crippen molar-refractivity contribution in [2.24, 2.45) is 11.8 Å². The Morgan fingerprint density at radius 1 is 0.688 bits per heavy atom. The Bertz CT molecular complexity index is 1760. The van der Waals surface area contributed by atoms with Crippen molar-refractivity contribution in [2.75, 3.05) is 13.1 Å². The summed E-state index contributed by atoms with van der Waals surface area (Å²) < 4.78 is 14.1. The fourth-order valence-electron chi connectivity index (χ4n) is 6.23. The third kappa shape index (κ3) is 7.77. The summed E-state index contributed by atoms with van der Waals surface area (Å²) in [6.45, 7) is 13.0. The summed E-state index contributed by atoms with van der Waals surface area (Å²) in [6, 6.07) is 12.2. The van der Waals surface area contributed by atoms with Gasteiger partial charge >= 0.3 is 77.5 Å². The monoisotopic (exact) mass is 672 g/mol. The molecule has 0 N–H and O–H groups in total. The molecule has 2 amide bonds. The van der Waals surface area contributed by atoms with E-state index < -0.39 is 18.3 Å². The van der Waals surface area contributed by atoms with Crippen molar-refractivity contribution in [3.63, 3.8) is 0 Å². The van der Waals surface area contributed by atoms with Gasteiger partial charge in [-0.15, -0.1) is 0 Å². The molecule has 6 rings (SSSR count). The summed E-state index contributed by atoms with van der Waals surface area (Å²) >= 11 is 0. The molecule has 2 aliphatic heterocycles. The second kappa shape index (κ2) is 15.7. The number of fused-ring (bicyclic) bond motifs is 2. The molecule has 2 aromatic heterocycles. The zero-order valence-corrected chi connectivity index (χ0v) is 27.1. The van der Waals surface area contributed by atoms with E-state index in [0.29, 0.717) is 24.5 Å². The Hall–Kier alpha value is -2.93. The number of aromatic nitrogens is 4. The summed E-state index contributed by atoms with van der Waals surface area (Å²) in [6.07, 6.45) is 5.89. The second-order valence-corrected chi connectivity index (χ2v) is 13.0. The molecule has 0 bridgehead atoms. The molecule has 0 aliphatic carbocycles. The van der Waals surface area contributed by atoms with E-state index in [1.54, 1.807) is 12.4 Å². The van der Waals surface area contributed by atoms with E-state index >= 15 is 0 Å². The SMILES string of the molecule is CC(C)n1ncc2cc(C3=CC[C@H](C)CN3C(=O)OC(=O)OC(=O)N3C[C@@H](C)CC=C3c3ccc4c(cnn4C(C)C)c3)ccc21.[NaH].[NaH]. The third-order valence-corrected chi connectivity index (χ3v) is 8.54. The zero-order chi connectivity index (χ0) is 32.7. The number of carbonyl (C=O) groups is 3. The van der Waals surface area contributed by atoms with Crippen molar-refractivity contribution >= 4 is 111 Å². The number of hydrogen-bond donors (Lipinski definition) is 0. The molecule has 0 saturated heterocycles. The number of benzene rings is 2. The van der Waals surface area contributed by atoms with Crippen molar-refractivity contribution in [1.29, 1.82) is 0 Å². The molecule has 0 spiro atoms. The maximum absolute atomic E-state index is 13.4. The van der Waals surface area contributed by atoms with E-state index in [4.69, 9.17) is 9.47 Å². The van der Waals surface area contributed by atoms with Crippen LogP contribution in [-0.2, 0) is 9.47 Å². The normalized spacial score (nSPS) is 17.9. The van der Waals surface area contributed by atoms with Crippen LogP contribution in [0.15, 0.2) is 60.9 Å². The first-order chi connectivity index (χ1) is 22.0. The number of nitrogens with zero attached hydrogens (tertiary/aromatic N) is 6. The number of amides is 2. The summed E-state index contributed by atoms with van der Waals surface area (Å²) in [5, 5.41) is 10.9. The Morgan fingerprint density at radius 3 is 1.46 bits per heavy atom. The van der Waals surface area contributed by atoms with E-state index in [0.717, 1.165) is 45.8 Å². The van der Waals surface area contributed by atoms with Crippen LogP contribution in [0.1, 0.15) is 77.6 Å². The average molecular weight is 673 g/mol. The molecule has 2 atom stereocenters. The molecule has 0 fully saturated rings. The van der Waals surface area contributed by atoms with E-state index in [9.17, 15) is 14.4 Å². The molecule has 0 radical (unpaired) electrons. The van der Waals surface area contributed by atoms with Crippen LogP contribution in [0.5, 0.6) is 0 Å². The number of allylic oxidation sites excluding steroid dienone is 2. The van der Waals surface area contributed by atoms with Gasteiger partial charge in [0.2, 0.25) is 0 Å². The van der Waals surface area contributed by atoms with Gasteiger partial charge in [0.1, 0.15) is 0 Å². The van der Waals surface area contributed by atoms with Crippen LogP contribution < -0.4 is 0 Å². The Balaban J connectivity index is 0.00000260. The molecule has 48 heavy (non-hydrogen) atoms. The van der Waals surface area contributed by atoms with Crippen LogP contribution in [0, 0.1) is 11.8 Å². The Labute approximate surface area is 324 Å². The van der Waals surface area contributed by atoms with Crippen molar-refractivity contribution in [1.82, 2.24) is 29.4 Å². The summed E-state index contributed by atoms with van der Waals surface area (Å²) in [5.74, 6) is 0.294. The molecule has 4 aromatic rings. The Morgan fingerprint density at radius 2 is 1.08 bits per heavy atom. The number of hydrogen-bond acceptors (Lipinski definition) is 7. The predicted molar refractivity (Wildman–Crippen MR) is 190 cm³/mol. The predicted octanol–water partition coefficient (Wildman–Crippen LogP) is 6.71. The average Bonchev–Trinajstić information content (AvgIpc) is 3.65. The van der Waals surface area contributed by atoms with Crippen LogP contribution in [0.4, 0.5) is 14.4 Å². The van der Waals surface area contributed by atoms with Gasteiger partial charge in [-0.05, 0) is 87.8 Å². The van der Waals surface area contributed by atoms with Crippen molar-refractivity contribution in [3.05, 3.63) is 72.1 Å². The molecule has 2 aliphatic rings. The minimum absolute atomic E-state index is 0. The first-order valence-corrected chi connectivity index (χ1v) is 15.9. The zero-order valence-electron chi connectivity index (χ0n) is 27.1. The summed E-state index contributed by atoms with van der Waals surface area (Å²) in [5.41, 5.74) is 4.85. The van der Waals surface area contributed by atoms with E-state index in [-0.39, 0.29) is 83.0 Å². The third-order valence-electron chi connectivity index (χ3n) is 8.54. The maximum atomic E-state index is 13.4. The van der Waals surface area contributed by atoms with Crippen LogP contribution in [0.2, 0.25) is 0 Å². The van der Waals surface area contributed by atoms with E-state index in [1.807, 2.05) is 71.8 Å². The van der Waals surface area contributed by atoms with Crippen LogP contribution in [-0.4, -0.2) is 120 Å². The first kappa shape index (κ1) is 37.9. The summed E-state index contributed by atoms with van der Waals surface area (Å²) in [4.78, 5) is 42.5. The van der Waals surface area contributed by atoms with Gasteiger partial charge in [-0.2, -0.15) is 10.2 Å². The van der Waals surface area contributed by atoms with Crippen molar-refractivity contribution in [3.8, 4) is 0 Å². The number of carbonyl (C=O) groups excluding carboxylic acids is 3. The molecule has 0 saturated carbocycles. The second-order valence-electron chi connectivity index (χ2n) is 13.0. The molecule has 4 heterocycles. The molecular weight excluding hydrogens is 630 g/mol. The van der Waals surface area contributed by atoms with E-state index in [2.05, 4.69) is 37.9 Å². The molecule has 0 unspecified atom stereocenters. The minimum atomic E-state index is -1.37. The van der Waals surface area contributed by atoms with Crippen LogP contribution in [0.3, 0.4) is 0 Å². The molecular formula is C35H42N6Na2O5. The molecule has 2 aromatic carbocycles.